The van der Waals surface area contributed by atoms with Crippen LogP contribution in [0.25, 0.3) is 0 Å². The molecule has 0 saturated carbocycles. The molecule has 0 bridgehead atoms. The van der Waals surface area contributed by atoms with Gasteiger partial charge in [-0.05, 0) is 45.4 Å². The van der Waals surface area contributed by atoms with Crippen LogP contribution in [-0.2, 0) is 13.0 Å². The largest absolute Gasteiger partial charge is 0.252 e. The Bertz CT molecular complexity index is 346. The molecule has 1 heterocycles. The lowest BCUT2D eigenvalue weighted by molar-refractivity contribution is 0.562. The Morgan fingerprint density at radius 1 is 1.41 bits per heavy atom. The first-order chi connectivity index (χ1) is 8.08. The van der Waals surface area contributed by atoms with Crippen molar-refractivity contribution in [2.45, 2.75) is 59.9 Å². The van der Waals surface area contributed by atoms with Crippen LogP contribution in [0.5, 0.6) is 0 Å². The predicted octanol–water partition coefficient (Wildman–Crippen LogP) is 3.61. The van der Waals surface area contributed by atoms with Gasteiger partial charge in [-0.2, -0.15) is 0 Å². The summed E-state index contributed by atoms with van der Waals surface area (Å²) >= 11 is 0. The summed E-state index contributed by atoms with van der Waals surface area (Å²) < 4.78 is 1.97. The second-order valence-corrected chi connectivity index (χ2v) is 5.33. The van der Waals surface area contributed by atoms with E-state index in [0.717, 1.165) is 37.4 Å². The molecule has 3 nitrogen and oxygen atoms in total. The summed E-state index contributed by atoms with van der Waals surface area (Å²) in [5.74, 6) is 0.734. The van der Waals surface area contributed by atoms with Gasteiger partial charge in [0.05, 0.1) is 5.69 Å². The minimum Gasteiger partial charge on any atom is -0.252 e. The third kappa shape index (κ3) is 6.25. The number of hydrogen-bond donors (Lipinski definition) is 0. The Morgan fingerprint density at radius 2 is 2.18 bits per heavy atom. The molecule has 1 aromatic heterocycles. The molecular weight excluding hydrogens is 210 g/mol. The zero-order valence-electron chi connectivity index (χ0n) is 11.6. The Hall–Kier alpha value is -1.12. The second kappa shape index (κ2) is 7.25. The molecule has 0 unspecified atom stereocenters. The highest BCUT2D eigenvalue weighted by atomic mass is 15.4. The summed E-state index contributed by atoms with van der Waals surface area (Å²) in [6.07, 6.45) is 8.87. The number of allylic oxidation sites excluding steroid dienone is 2. The Balaban J connectivity index is 2.28. The maximum absolute atomic E-state index is 4.20. The van der Waals surface area contributed by atoms with Crippen molar-refractivity contribution in [3.05, 3.63) is 23.5 Å². The average molecular weight is 235 g/mol. The first-order valence-electron chi connectivity index (χ1n) is 6.60. The third-order valence-corrected chi connectivity index (χ3v) is 2.71. The van der Waals surface area contributed by atoms with Gasteiger partial charge in [0, 0.05) is 12.7 Å². The van der Waals surface area contributed by atoms with Gasteiger partial charge in [-0.25, -0.2) is 0 Å². The topological polar surface area (TPSA) is 30.7 Å². The highest BCUT2D eigenvalue weighted by Gasteiger charge is 2.02. The number of nitrogens with zero attached hydrogens (tertiary/aromatic N) is 3. The van der Waals surface area contributed by atoms with Crippen LogP contribution in [0.3, 0.4) is 0 Å². The highest BCUT2D eigenvalue weighted by Crippen LogP contribution is 2.06. The van der Waals surface area contributed by atoms with Crippen LogP contribution in [-0.4, -0.2) is 15.0 Å². The van der Waals surface area contributed by atoms with Gasteiger partial charge in [-0.15, -0.1) is 5.10 Å². The molecule has 1 aromatic rings. The van der Waals surface area contributed by atoms with Crippen molar-refractivity contribution in [2.75, 3.05) is 0 Å². The molecule has 3 heteroatoms. The fraction of sp³-hybridized carbons (Fsp3) is 0.714. The van der Waals surface area contributed by atoms with Gasteiger partial charge >= 0.3 is 0 Å². The molecule has 1 rings (SSSR count). The lowest BCUT2D eigenvalue weighted by Crippen LogP contribution is -1.98. The lowest BCUT2D eigenvalue weighted by Gasteiger charge is -2.00. The second-order valence-electron chi connectivity index (χ2n) is 5.33. The quantitative estimate of drug-likeness (QED) is 0.534. The van der Waals surface area contributed by atoms with E-state index in [0.29, 0.717) is 0 Å². The molecule has 0 aromatic carbocycles. The Morgan fingerprint density at radius 3 is 2.82 bits per heavy atom. The third-order valence-electron chi connectivity index (χ3n) is 2.71. The number of unbranched alkanes of at least 4 members (excludes halogenated alkanes) is 1. The summed E-state index contributed by atoms with van der Waals surface area (Å²) in [5.41, 5.74) is 2.52. The summed E-state index contributed by atoms with van der Waals surface area (Å²) in [7, 11) is 0. The van der Waals surface area contributed by atoms with Crippen LogP contribution < -0.4 is 0 Å². The molecule has 0 saturated heterocycles. The monoisotopic (exact) mass is 235 g/mol. The number of aryl methyl sites for hydroxylation is 2. The molecule has 0 amide bonds. The molecule has 0 N–H and O–H groups in total. The molecule has 0 atom stereocenters. The van der Waals surface area contributed by atoms with E-state index in [-0.39, 0.29) is 0 Å². The Labute approximate surface area is 105 Å². The summed E-state index contributed by atoms with van der Waals surface area (Å²) in [6.45, 7) is 9.73. The number of aromatic nitrogens is 3. The molecule has 0 aliphatic rings. The zero-order chi connectivity index (χ0) is 12.7. The van der Waals surface area contributed by atoms with E-state index in [1.165, 1.54) is 12.0 Å². The van der Waals surface area contributed by atoms with Crippen molar-refractivity contribution >= 4 is 0 Å². The zero-order valence-corrected chi connectivity index (χ0v) is 11.6. The van der Waals surface area contributed by atoms with Crippen molar-refractivity contribution in [3.8, 4) is 0 Å². The lowest BCUT2D eigenvalue weighted by atomic mass is 10.1. The van der Waals surface area contributed by atoms with Crippen molar-refractivity contribution in [2.24, 2.45) is 5.92 Å². The molecule has 96 valence electrons. The molecule has 0 spiro atoms. The van der Waals surface area contributed by atoms with E-state index in [9.17, 15) is 0 Å². The van der Waals surface area contributed by atoms with Gasteiger partial charge in [0.2, 0.25) is 0 Å². The standard InChI is InChI=1S/C14H25N3/c1-12(2)7-5-6-10-17-11-14(15-16-17)9-8-13(3)4/h7,11,13H,5-6,8-10H2,1-4H3. The van der Waals surface area contributed by atoms with Crippen molar-refractivity contribution in [1.82, 2.24) is 15.0 Å². The van der Waals surface area contributed by atoms with Gasteiger partial charge in [0.15, 0.2) is 0 Å². The molecular formula is C14H25N3. The van der Waals surface area contributed by atoms with Crippen LogP contribution in [0.15, 0.2) is 17.8 Å². The van der Waals surface area contributed by atoms with Crippen LogP contribution in [0.1, 0.15) is 52.7 Å². The van der Waals surface area contributed by atoms with Gasteiger partial charge in [0.1, 0.15) is 0 Å². The van der Waals surface area contributed by atoms with Crippen LogP contribution >= 0.6 is 0 Å². The van der Waals surface area contributed by atoms with Crippen LogP contribution in [0.2, 0.25) is 0 Å². The summed E-state index contributed by atoms with van der Waals surface area (Å²) in [4.78, 5) is 0. The molecule has 0 aliphatic heterocycles. The fourth-order valence-electron chi connectivity index (χ4n) is 1.64. The molecule has 17 heavy (non-hydrogen) atoms. The molecule has 0 fully saturated rings. The number of hydrogen-bond acceptors (Lipinski definition) is 2. The van der Waals surface area contributed by atoms with Crippen LogP contribution in [0.4, 0.5) is 0 Å². The van der Waals surface area contributed by atoms with E-state index >= 15 is 0 Å². The van der Waals surface area contributed by atoms with Gasteiger partial charge in [0.25, 0.3) is 0 Å². The average Bonchev–Trinajstić information content (AvgIpc) is 2.69. The number of rotatable bonds is 7. The highest BCUT2D eigenvalue weighted by molar-refractivity contribution is 4.94. The van der Waals surface area contributed by atoms with Gasteiger partial charge in [-0.3, -0.25) is 4.68 Å². The summed E-state index contributed by atoms with van der Waals surface area (Å²) in [5, 5.41) is 8.36. The SMILES string of the molecule is CC(C)=CCCCn1cc(CCC(C)C)nn1. The molecule has 0 radical (unpaired) electrons. The van der Waals surface area contributed by atoms with Crippen molar-refractivity contribution < 1.29 is 0 Å². The Kier molecular flexibility index (Phi) is 5.95. The minimum atomic E-state index is 0.734. The van der Waals surface area contributed by atoms with E-state index < -0.39 is 0 Å². The maximum atomic E-state index is 4.20. The summed E-state index contributed by atoms with van der Waals surface area (Å²) in [6, 6.07) is 0. The maximum Gasteiger partial charge on any atom is 0.0827 e. The van der Waals surface area contributed by atoms with Crippen LogP contribution in [0, 0.1) is 5.92 Å². The minimum absolute atomic E-state index is 0.734. The van der Waals surface area contributed by atoms with E-state index in [1.54, 1.807) is 0 Å². The van der Waals surface area contributed by atoms with E-state index in [2.05, 4.69) is 50.3 Å². The normalized spacial score (nSPS) is 10.9. The fourth-order valence-corrected chi connectivity index (χ4v) is 1.64. The van der Waals surface area contributed by atoms with E-state index in [4.69, 9.17) is 0 Å². The van der Waals surface area contributed by atoms with E-state index in [1.807, 2.05) is 4.68 Å². The van der Waals surface area contributed by atoms with Crippen molar-refractivity contribution in [3.63, 3.8) is 0 Å². The van der Waals surface area contributed by atoms with Crippen molar-refractivity contribution in [1.29, 1.82) is 0 Å². The first-order valence-corrected chi connectivity index (χ1v) is 6.60. The predicted molar refractivity (Wildman–Crippen MR) is 71.8 cm³/mol. The molecule has 0 aliphatic carbocycles. The van der Waals surface area contributed by atoms with Gasteiger partial charge in [-0.1, -0.05) is 30.7 Å². The van der Waals surface area contributed by atoms with Gasteiger partial charge < -0.3 is 0 Å². The smallest absolute Gasteiger partial charge is 0.0827 e. The first kappa shape index (κ1) is 13.9.